The van der Waals surface area contributed by atoms with Crippen LogP contribution in [0.1, 0.15) is 34.6 Å². The van der Waals surface area contributed by atoms with E-state index in [1.165, 1.54) is 6.92 Å². The third-order valence-corrected chi connectivity index (χ3v) is 4.18. The number of benzene rings is 2. The molecule has 0 spiro atoms. The number of fused-ring (bicyclic) bond motifs is 1. The minimum atomic E-state index is -0.801. The van der Waals surface area contributed by atoms with Crippen LogP contribution in [0, 0.1) is 0 Å². The summed E-state index contributed by atoms with van der Waals surface area (Å²) in [5, 5.41) is 3.52. The second kappa shape index (κ2) is 7.72. The number of hydrogen-bond donors (Lipinski definition) is 1. The minimum Gasteiger partial charge on any atom is -0.460 e. The monoisotopic (exact) mass is 371 g/mol. The molecule has 0 bridgehead atoms. The van der Waals surface area contributed by atoms with Gasteiger partial charge in [0.1, 0.15) is 5.75 Å². The van der Waals surface area contributed by atoms with E-state index < -0.39 is 6.29 Å². The van der Waals surface area contributed by atoms with Crippen molar-refractivity contribution in [2.24, 2.45) is 0 Å². The molecule has 1 atom stereocenters. The zero-order chi connectivity index (χ0) is 18.7. The van der Waals surface area contributed by atoms with Gasteiger partial charge in [-0.15, -0.1) is 0 Å². The summed E-state index contributed by atoms with van der Waals surface area (Å²) in [6.07, 6.45) is 0.764. The summed E-state index contributed by atoms with van der Waals surface area (Å²) >= 11 is 6.00. The Balaban J connectivity index is 1.88. The standard InChI is InChI=1S/C20H18ClNO4/c1-3-25-20-17(11-22-15-7-4-13(5-8-15)12(2)23)19(24)16-10-14(21)6-9-18(16)26-20/h4-11,20,22H,3H2,1-2H3/b17-11-/t20-/m0/s1. The van der Waals surface area contributed by atoms with Crippen molar-refractivity contribution >= 4 is 28.9 Å². The number of nitrogens with one attached hydrogen (secondary N) is 1. The fraction of sp³-hybridized carbons (Fsp3) is 0.200. The number of ketones is 2. The Labute approximate surface area is 156 Å². The zero-order valence-electron chi connectivity index (χ0n) is 14.4. The van der Waals surface area contributed by atoms with Crippen LogP contribution in [0.2, 0.25) is 5.02 Å². The van der Waals surface area contributed by atoms with Crippen molar-refractivity contribution in [3.63, 3.8) is 0 Å². The Hall–Kier alpha value is -2.63. The highest BCUT2D eigenvalue weighted by atomic mass is 35.5. The van der Waals surface area contributed by atoms with Crippen molar-refractivity contribution in [2.75, 3.05) is 11.9 Å². The molecule has 0 saturated heterocycles. The van der Waals surface area contributed by atoms with Gasteiger partial charge in [-0.1, -0.05) is 11.6 Å². The molecule has 134 valence electrons. The smallest absolute Gasteiger partial charge is 0.232 e. The molecule has 1 N–H and O–H groups in total. The molecule has 0 radical (unpaired) electrons. The maximum atomic E-state index is 12.8. The molecule has 1 aliphatic heterocycles. The highest BCUT2D eigenvalue weighted by Gasteiger charge is 2.32. The summed E-state index contributed by atoms with van der Waals surface area (Å²) in [6, 6.07) is 11.9. The molecular formula is C20H18ClNO4. The second-order valence-electron chi connectivity index (χ2n) is 5.75. The van der Waals surface area contributed by atoms with E-state index in [1.54, 1.807) is 48.7 Å². The molecule has 0 amide bonds. The summed E-state index contributed by atoms with van der Waals surface area (Å²) in [5.41, 5.74) is 2.10. The SMILES string of the molecule is CCO[C@H]1Oc2ccc(Cl)cc2C(=O)/C1=C/Nc1ccc(C(C)=O)cc1. The molecule has 2 aromatic carbocycles. The minimum absolute atomic E-state index is 0.00402. The van der Waals surface area contributed by atoms with E-state index in [2.05, 4.69) is 5.32 Å². The van der Waals surface area contributed by atoms with Gasteiger partial charge < -0.3 is 14.8 Å². The van der Waals surface area contributed by atoms with Crippen LogP contribution in [0.3, 0.4) is 0 Å². The van der Waals surface area contributed by atoms with E-state index in [-0.39, 0.29) is 11.6 Å². The predicted octanol–water partition coefficient (Wildman–Crippen LogP) is 4.48. The first-order valence-corrected chi connectivity index (χ1v) is 8.57. The van der Waals surface area contributed by atoms with E-state index in [4.69, 9.17) is 21.1 Å². The van der Waals surface area contributed by atoms with Gasteiger partial charge in [0.25, 0.3) is 0 Å². The number of halogens is 1. The molecule has 1 heterocycles. The summed E-state index contributed by atoms with van der Waals surface area (Å²) in [7, 11) is 0. The summed E-state index contributed by atoms with van der Waals surface area (Å²) in [6.45, 7) is 3.74. The molecule has 0 aromatic heterocycles. The van der Waals surface area contributed by atoms with Gasteiger partial charge >= 0.3 is 0 Å². The molecule has 3 rings (SSSR count). The first kappa shape index (κ1) is 18.2. The molecule has 0 aliphatic carbocycles. The van der Waals surface area contributed by atoms with Crippen LogP contribution in [0.15, 0.2) is 54.2 Å². The van der Waals surface area contributed by atoms with Crippen LogP contribution in [-0.4, -0.2) is 24.5 Å². The Morgan fingerprint density at radius 2 is 2.00 bits per heavy atom. The number of rotatable bonds is 5. The van der Waals surface area contributed by atoms with Crippen molar-refractivity contribution < 1.29 is 19.1 Å². The lowest BCUT2D eigenvalue weighted by molar-refractivity contribution is -0.0509. The lowest BCUT2D eigenvalue weighted by atomic mass is 10.00. The van der Waals surface area contributed by atoms with Crippen molar-refractivity contribution in [2.45, 2.75) is 20.1 Å². The molecule has 2 aromatic rings. The fourth-order valence-electron chi connectivity index (χ4n) is 2.59. The number of anilines is 1. The predicted molar refractivity (Wildman–Crippen MR) is 100.0 cm³/mol. The number of hydrogen-bond acceptors (Lipinski definition) is 5. The maximum Gasteiger partial charge on any atom is 0.232 e. The van der Waals surface area contributed by atoms with Crippen LogP contribution in [0.4, 0.5) is 5.69 Å². The topological polar surface area (TPSA) is 64.6 Å². The lowest BCUT2D eigenvalue weighted by Gasteiger charge is -2.27. The highest BCUT2D eigenvalue weighted by molar-refractivity contribution is 6.31. The van der Waals surface area contributed by atoms with Gasteiger partial charge in [-0.25, -0.2) is 0 Å². The molecule has 5 nitrogen and oxygen atoms in total. The molecule has 1 aliphatic rings. The number of ether oxygens (including phenoxy) is 2. The van der Waals surface area contributed by atoms with Gasteiger partial charge in [-0.3, -0.25) is 9.59 Å². The number of Topliss-reactive ketones (excluding diaryl/α,β-unsaturated/α-hetero) is 2. The lowest BCUT2D eigenvalue weighted by Crippen LogP contribution is -2.33. The molecule has 26 heavy (non-hydrogen) atoms. The van der Waals surface area contributed by atoms with Gasteiger partial charge in [0.15, 0.2) is 5.78 Å². The fourth-order valence-corrected chi connectivity index (χ4v) is 2.77. The van der Waals surface area contributed by atoms with E-state index in [0.29, 0.717) is 34.1 Å². The molecular weight excluding hydrogens is 354 g/mol. The van der Waals surface area contributed by atoms with Gasteiger partial charge in [0, 0.05) is 29.1 Å². The van der Waals surface area contributed by atoms with Crippen molar-refractivity contribution in [1.29, 1.82) is 0 Å². The summed E-state index contributed by atoms with van der Waals surface area (Å²) < 4.78 is 11.4. The van der Waals surface area contributed by atoms with Gasteiger partial charge in [0.05, 0.1) is 11.1 Å². The van der Waals surface area contributed by atoms with Crippen LogP contribution < -0.4 is 10.1 Å². The largest absolute Gasteiger partial charge is 0.460 e. The first-order chi connectivity index (χ1) is 12.5. The van der Waals surface area contributed by atoms with Crippen LogP contribution in [-0.2, 0) is 4.74 Å². The maximum absolute atomic E-state index is 12.8. The van der Waals surface area contributed by atoms with E-state index in [9.17, 15) is 9.59 Å². The summed E-state index contributed by atoms with van der Waals surface area (Å²) in [5.74, 6) is 0.233. The van der Waals surface area contributed by atoms with Crippen LogP contribution in [0.25, 0.3) is 0 Å². The molecule has 0 saturated carbocycles. The zero-order valence-corrected chi connectivity index (χ0v) is 15.2. The Morgan fingerprint density at radius 3 is 2.65 bits per heavy atom. The second-order valence-corrected chi connectivity index (χ2v) is 6.19. The Morgan fingerprint density at radius 1 is 1.27 bits per heavy atom. The van der Waals surface area contributed by atoms with Gasteiger partial charge in [0.2, 0.25) is 12.1 Å². The molecule has 0 unspecified atom stereocenters. The molecule has 6 heteroatoms. The average molecular weight is 372 g/mol. The number of carbonyl (C=O) groups is 2. The normalized spacial score (nSPS) is 17.6. The summed E-state index contributed by atoms with van der Waals surface area (Å²) in [4.78, 5) is 24.2. The highest BCUT2D eigenvalue weighted by Crippen LogP contribution is 2.33. The van der Waals surface area contributed by atoms with Crippen LogP contribution in [0.5, 0.6) is 5.75 Å². The molecule has 0 fully saturated rings. The third-order valence-electron chi connectivity index (χ3n) is 3.94. The van der Waals surface area contributed by atoms with Crippen molar-refractivity contribution in [3.8, 4) is 5.75 Å². The third kappa shape index (κ3) is 3.79. The van der Waals surface area contributed by atoms with Crippen molar-refractivity contribution in [1.82, 2.24) is 0 Å². The average Bonchev–Trinajstić information content (AvgIpc) is 2.63. The van der Waals surface area contributed by atoms with E-state index in [1.807, 2.05) is 6.92 Å². The van der Waals surface area contributed by atoms with E-state index in [0.717, 1.165) is 5.69 Å². The quantitative estimate of drug-likeness (QED) is 0.620. The van der Waals surface area contributed by atoms with Gasteiger partial charge in [-0.05, 0) is 56.3 Å². The Bertz CT molecular complexity index is 874. The Kier molecular flexibility index (Phi) is 5.40. The van der Waals surface area contributed by atoms with E-state index >= 15 is 0 Å². The first-order valence-electron chi connectivity index (χ1n) is 8.19. The van der Waals surface area contributed by atoms with Crippen LogP contribution >= 0.6 is 11.6 Å². The number of carbonyl (C=O) groups excluding carboxylic acids is 2. The van der Waals surface area contributed by atoms with Crippen molar-refractivity contribution in [3.05, 3.63) is 70.4 Å². The van der Waals surface area contributed by atoms with Gasteiger partial charge in [-0.2, -0.15) is 0 Å².